The summed E-state index contributed by atoms with van der Waals surface area (Å²) in [5, 5.41) is 3.74. The van der Waals surface area contributed by atoms with Crippen molar-refractivity contribution in [1.82, 2.24) is 10.2 Å². The number of fused-ring (bicyclic) bond motifs is 2. The average molecular weight is 427 g/mol. The molecular weight excluding hydrogens is 396 g/mol. The molecule has 164 valence electrons. The highest BCUT2D eigenvalue weighted by Gasteiger charge is 2.46. The van der Waals surface area contributed by atoms with Gasteiger partial charge in [0.15, 0.2) is 0 Å². The molecule has 2 bridgehead atoms. The molecule has 0 spiro atoms. The van der Waals surface area contributed by atoms with Gasteiger partial charge in [-0.3, -0.25) is 4.90 Å². The van der Waals surface area contributed by atoms with Crippen LogP contribution in [0.25, 0.3) is 12.2 Å². The molecule has 6 rings (SSSR count). The Bertz CT molecular complexity index is 1040. The Morgan fingerprint density at radius 2 is 1.41 bits per heavy atom. The topological polar surface area (TPSA) is 33.7 Å². The van der Waals surface area contributed by atoms with Gasteiger partial charge in [0.25, 0.3) is 0 Å². The zero-order valence-corrected chi connectivity index (χ0v) is 18.7. The van der Waals surface area contributed by atoms with E-state index in [1.165, 1.54) is 22.3 Å². The van der Waals surface area contributed by atoms with Gasteiger partial charge in [-0.05, 0) is 34.4 Å². The molecule has 3 aromatic carbocycles. The molecular formula is C28H30N2O2. The van der Waals surface area contributed by atoms with Crippen LogP contribution in [-0.4, -0.2) is 44.3 Å². The third-order valence-corrected chi connectivity index (χ3v) is 6.61. The average Bonchev–Trinajstić information content (AvgIpc) is 2.84. The molecule has 0 amide bonds. The minimum absolute atomic E-state index is 0.506. The summed E-state index contributed by atoms with van der Waals surface area (Å²) in [6.45, 7) is 3.02. The number of piperazine rings is 1. The molecule has 3 aliphatic rings. The SMILES string of the molecule is COc1cc(CN2C[C@@H]3N[C@H](C2)C3c2ccc(C=Cc3ccccc3)cc2)cc(OC)c1. The number of rotatable bonds is 7. The van der Waals surface area contributed by atoms with E-state index in [0.29, 0.717) is 18.0 Å². The van der Waals surface area contributed by atoms with E-state index < -0.39 is 0 Å². The van der Waals surface area contributed by atoms with E-state index in [1.54, 1.807) is 14.2 Å². The first-order valence-electron chi connectivity index (χ1n) is 11.3. The third kappa shape index (κ3) is 4.43. The van der Waals surface area contributed by atoms with Crippen molar-refractivity contribution in [3.05, 3.63) is 95.1 Å². The van der Waals surface area contributed by atoms with Crippen LogP contribution in [0.5, 0.6) is 11.5 Å². The zero-order chi connectivity index (χ0) is 21.9. The summed E-state index contributed by atoms with van der Waals surface area (Å²) in [5.41, 5.74) is 5.14. The van der Waals surface area contributed by atoms with Crippen LogP contribution < -0.4 is 14.8 Å². The Hall–Kier alpha value is -3.08. The van der Waals surface area contributed by atoms with E-state index >= 15 is 0 Å². The zero-order valence-electron chi connectivity index (χ0n) is 18.7. The Morgan fingerprint density at radius 1 is 0.812 bits per heavy atom. The highest BCUT2D eigenvalue weighted by atomic mass is 16.5. The van der Waals surface area contributed by atoms with Crippen LogP contribution in [-0.2, 0) is 6.54 Å². The number of methoxy groups -OCH3 is 2. The van der Waals surface area contributed by atoms with Gasteiger partial charge in [-0.2, -0.15) is 0 Å². The summed E-state index contributed by atoms with van der Waals surface area (Å²) in [7, 11) is 3.40. The fourth-order valence-electron chi connectivity index (χ4n) is 5.00. The monoisotopic (exact) mass is 426 g/mol. The van der Waals surface area contributed by atoms with Gasteiger partial charge in [-0.1, -0.05) is 66.7 Å². The van der Waals surface area contributed by atoms with E-state index in [1.807, 2.05) is 12.1 Å². The van der Waals surface area contributed by atoms with Crippen molar-refractivity contribution in [3.63, 3.8) is 0 Å². The van der Waals surface area contributed by atoms with Gasteiger partial charge in [0.05, 0.1) is 14.2 Å². The normalized spacial score (nSPS) is 22.5. The Morgan fingerprint density at radius 3 is 2.00 bits per heavy atom. The maximum atomic E-state index is 5.43. The minimum atomic E-state index is 0.506. The van der Waals surface area contributed by atoms with Gasteiger partial charge in [0, 0.05) is 43.7 Å². The van der Waals surface area contributed by atoms with E-state index in [9.17, 15) is 0 Å². The summed E-state index contributed by atoms with van der Waals surface area (Å²) >= 11 is 0. The number of ether oxygens (including phenoxy) is 2. The fourth-order valence-corrected chi connectivity index (χ4v) is 5.00. The molecule has 0 aromatic heterocycles. The molecule has 32 heavy (non-hydrogen) atoms. The van der Waals surface area contributed by atoms with Crippen molar-refractivity contribution in [2.45, 2.75) is 24.5 Å². The predicted molar refractivity (Wildman–Crippen MR) is 130 cm³/mol. The Labute approximate surface area is 190 Å². The maximum absolute atomic E-state index is 5.43. The van der Waals surface area contributed by atoms with Crippen molar-refractivity contribution in [1.29, 1.82) is 0 Å². The van der Waals surface area contributed by atoms with Crippen molar-refractivity contribution in [2.75, 3.05) is 27.3 Å². The Kier molecular flexibility index (Phi) is 5.97. The summed E-state index contributed by atoms with van der Waals surface area (Å²) in [4.78, 5) is 2.54. The Balaban J connectivity index is 1.21. The van der Waals surface area contributed by atoms with Gasteiger partial charge in [0.2, 0.25) is 0 Å². The van der Waals surface area contributed by atoms with E-state index in [-0.39, 0.29) is 0 Å². The second-order valence-corrected chi connectivity index (χ2v) is 8.73. The molecule has 4 nitrogen and oxygen atoms in total. The van der Waals surface area contributed by atoms with Crippen molar-refractivity contribution in [3.8, 4) is 11.5 Å². The molecule has 3 atom stereocenters. The van der Waals surface area contributed by atoms with Gasteiger partial charge < -0.3 is 14.8 Å². The maximum Gasteiger partial charge on any atom is 0.122 e. The molecule has 3 heterocycles. The summed E-state index contributed by atoms with van der Waals surface area (Å²) in [6, 6.07) is 26.7. The molecule has 3 saturated heterocycles. The summed E-state index contributed by atoms with van der Waals surface area (Å²) in [5.74, 6) is 2.29. The van der Waals surface area contributed by atoms with Gasteiger partial charge in [-0.15, -0.1) is 0 Å². The fraction of sp³-hybridized carbons (Fsp3) is 0.286. The number of benzene rings is 3. The summed E-state index contributed by atoms with van der Waals surface area (Å²) in [6.07, 6.45) is 4.35. The van der Waals surface area contributed by atoms with Crippen molar-refractivity contribution >= 4 is 12.2 Å². The molecule has 0 radical (unpaired) electrons. The van der Waals surface area contributed by atoms with Gasteiger partial charge >= 0.3 is 0 Å². The number of hydrogen-bond donors (Lipinski definition) is 1. The lowest BCUT2D eigenvalue weighted by Gasteiger charge is -2.55. The third-order valence-electron chi connectivity index (χ3n) is 6.61. The molecule has 3 aliphatic heterocycles. The first-order chi connectivity index (χ1) is 15.7. The molecule has 3 fully saturated rings. The van der Waals surface area contributed by atoms with Crippen LogP contribution in [0.1, 0.15) is 28.2 Å². The van der Waals surface area contributed by atoms with Crippen LogP contribution in [0.4, 0.5) is 0 Å². The molecule has 0 aliphatic carbocycles. The summed E-state index contributed by atoms with van der Waals surface area (Å²) < 4.78 is 10.9. The molecule has 1 unspecified atom stereocenters. The molecule has 4 heteroatoms. The lowest BCUT2D eigenvalue weighted by Crippen LogP contribution is -2.71. The smallest absolute Gasteiger partial charge is 0.122 e. The largest absolute Gasteiger partial charge is 0.497 e. The number of piperidine rings is 1. The predicted octanol–water partition coefficient (Wildman–Crippen LogP) is 4.81. The molecule has 3 aromatic rings. The van der Waals surface area contributed by atoms with Crippen LogP contribution in [0.2, 0.25) is 0 Å². The van der Waals surface area contributed by atoms with Gasteiger partial charge in [0.1, 0.15) is 11.5 Å². The number of hydrogen-bond acceptors (Lipinski definition) is 4. The second-order valence-electron chi connectivity index (χ2n) is 8.73. The van der Waals surface area contributed by atoms with Gasteiger partial charge in [-0.25, -0.2) is 0 Å². The lowest BCUT2D eigenvalue weighted by atomic mass is 9.74. The highest BCUT2D eigenvalue weighted by molar-refractivity contribution is 5.69. The highest BCUT2D eigenvalue weighted by Crippen LogP contribution is 2.37. The van der Waals surface area contributed by atoms with Crippen LogP contribution in [0.3, 0.4) is 0 Å². The van der Waals surface area contributed by atoms with Crippen molar-refractivity contribution in [2.24, 2.45) is 0 Å². The second kappa shape index (κ2) is 9.19. The molecule has 1 N–H and O–H groups in total. The van der Waals surface area contributed by atoms with Crippen LogP contribution >= 0.6 is 0 Å². The molecule has 0 saturated carbocycles. The number of nitrogens with zero attached hydrogens (tertiary/aromatic N) is 1. The van der Waals surface area contributed by atoms with Crippen LogP contribution in [0.15, 0.2) is 72.8 Å². The van der Waals surface area contributed by atoms with E-state index in [0.717, 1.165) is 31.1 Å². The first-order valence-corrected chi connectivity index (χ1v) is 11.3. The van der Waals surface area contributed by atoms with Crippen LogP contribution in [0, 0.1) is 0 Å². The standard InChI is InChI=1S/C28H30N2O2/c1-31-24-14-22(15-25(16-24)32-2)17-30-18-26-28(27(19-30)29-26)23-12-10-21(11-13-23)9-8-20-6-4-3-5-7-20/h3-16,26-29H,17-19H2,1-2H3/t26-,27+,28?. The van der Waals surface area contributed by atoms with Crippen molar-refractivity contribution < 1.29 is 9.47 Å². The minimum Gasteiger partial charge on any atom is -0.497 e. The number of nitrogens with one attached hydrogen (secondary N) is 1. The lowest BCUT2D eigenvalue weighted by molar-refractivity contribution is 0.0470. The van der Waals surface area contributed by atoms with E-state index in [4.69, 9.17) is 9.47 Å². The quantitative estimate of drug-likeness (QED) is 0.550. The first kappa shape index (κ1) is 20.8. The van der Waals surface area contributed by atoms with E-state index in [2.05, 4.69) is 83.0 Å².